The molecular weight excluding hydrogens is 272 g/mol. The highest BCUT2D eigenvalue weighted by Crippen LogP contribution is 2.34. The van der Waals surface area contributed by atoms with Crippen molar-refractivity contribution in [1.29, 1.82) is 0 Å². The lowest BCUT2D eigenvalue weighted by molar-refractivity contribution is -0.124. The number of carbonyl (C=O) groups is 2. The number of fused-ring (bicyclic) bond motifs is 1. The van der Waals surface area contributed by atoms with Gasteiger partial charge in [0.15, 0.2) is 0 Å². The van der Waals surface area contributed by atoms with E-state index in [2.05, 4.69) is 5.32 Å². The maximum absolute atomic E-state index is 12.1. The van der Waals surface area contributed by atoms with Crippen molar-refractivity contribution in [1.82, 2.24) is 0 Å². The highest BCUT2D eigenvalue weighted by molar-refractivity contribution is 5.97. The topological polar surface area (TPSA) is 67.9 Å². The van der Waals surface area contributed by atoms with Gasteiger partial charge in [0.1, 0.15) is 18.5 Å². The lowest BCUT2D eigenvalue weighted by Gasteiger charge is -2.29. The molecule has 2 amide bonds. The molecule has 3 rings (SSSR count). The number of hydrogen-bond acceptors (Lipinski definition) is 4. The van der Waals surface area contributed by atoms with Gasteiger partial charge < -0.3 is 19.7 Å². The van der Waals surface area contributed by atoms with Gasteiger partial charge in [-0.2, -0.15) is 0 Å². The van der Waals surface area contributed by atoms with E-state index in [0.717, 1.165) is 12.8 Å². The van der Waals surface area contributed by atoms with Crippen molar-refractivity contribution in [3.8, 4) is 5.75 Å². The number of anilines is 2. The molecule has 21 heavy (non-hydrogen) atoms. The minimum atomic E-state index is -0.374. The Morgan fingerprint density at radius 2 is 2.19 bits per heavy atom. The van der Waals surface area contributed by atoms with Crippen LogP contribution in [0.25, 0.3) is 0 Å². The fourth-order valence-electron chi connectivity index (χ4n) is 2.63. The number of ether oxygens (including phenoxy) is 2. The van der Waals surface area contributed by atoms with Crippen molar-refractivity contribution < 1.29 is 19.1 Å². The van der Waals surface area contributed by atoms with Crippen LogP contribution in [0.15, 0.2) is 18.2 Å². The second kappa shape index (κ2) is 5.73. The van der Waals surface area contributed by atoms with E-state index in [1.165, 1.54) is 6.92 Å². The Kier molecular flexibility index (Phi) is 3.79. The van der Waals surface area contributed by atoms with Gasteiger partial charge in [0.05, 0.1) is 12.2 Å². The van der Waals surface area contributed by atoms with E-state index in [1.54, 1.807) is 23.1 Å². The summed E-state index contributed by atoms with van der Waals surface area (Å²) in [6.45, 7) is 3.15. The Morgan fingerprint density at radius 1 is 1.33 bits per heavy atom. The number of rotatable bonds is 2. The van der Waals surface area contributed by atoms with Crippen molar-refractivity contribution in [3.63, 3.8) is 0 Å². The zero-order valence-electron chi connectivity index (χ0n) is 11.9. The maximum atomic E-state index is 12.1. The molecule has 1 unspecified atom stereocenters. The Hall–Kier alpha value is -2.08. The summed E-state index contributed by atoms with van der Waals surface area (Å²) in [6.07, 6.45) is 1.29. The molecule has 2 aliphatic rings. The molecule has 6 heteroatoms. The van der Waals surface area contributed by atoms with Gasteiger partial charge in [-0.3, -0.25) is 9.59 Å². The van der Waals surface area contributed by atoms with E-state index >= 15 is 0 Å². The highest BCUT2D eigenvalue weighted by atomic mass is 16.5. The number of benzene rings is 1. The van der Waals surface area contributed by atoms with E-state index < -0.39 is 0 Å². The number of carbonyl (C=O) groups excluding carboxylic acids is 2. The van der Waals surface area contributed by atoms with Crippen LogP contribution in [-0.4, -0.2) is 37.7 Å². The normalized spacial score (nSPS) is 20.6. The van der Waals surface area contributed by atoms with Crippen LogP contribution < -0.4 is 15.0 Å². The van der Waals surface area contributed by atoms with Crippen molar-refractivity contribution >= 4 is 23.2 Å². The second-order valence-corrected chi connectivity index (χ2v) is 5.19. The Bertz CT molecular complexity index is 567. The smallest absolute Gasteiger partial charge is 0.253 e. The number of hydrogen-bond donors (Lipinski definition) is 1. The molecular formula is C15H18N2O4. The first-order valence-electron chi connectivity index (χ1n) is 7.12. The molecule has 6 nitrogen and oxygen atoms in total. The second-order valence-electron chi connectivity index (χ2n) is 5.19. The summed E-state index contributed by atoms with van der Waals surface area (Å²) in [5, 5.41) is 2.84. The first-order chi connectivity index (χ1) is 10.1. The van der Waals surface area contributed by atoms with E-state index in [9.17, 15) is 9.59 Å². The Labute approximate surface area is 123 Å². The van der Waals surface area contributed by atoms with Crippen LogP contribution in [0.2, 0.25) is 0 Å². The van der Waals surface area contributed by atoms with Crippen LogP contribution in [0.5, 0.6) is 5.75 Å². The SMILES string of the molecule is CC(=O)N1CCOc2ccc(NC(=O)C3CCCO3)cc21. The van der Waals surface area contributed by atoms with Crippen molar-refractivity contribution in [2.75, 3.05) is 30.0 Å². The Morgan fingerprint density at radius 3 is 2.90 bits per heavy atom. The predicted octanol–water partition coefficient (Wildman–Crippen LogP) is 1.55. The molecule has 1 N–H and O–H groups in total. The predicted molar refractivity (Wildman–Crippen MR) is 77.6 cm³/mol. The largest absolute Gasteiger partial charge is 0.490 e. The van der Waals surface area contributed by atoms with E-state index in [-0.39, 0.29) is 17.9 Å². The van der Waals surface area contributed by atoms with Crippen molar-refractivity contribution in [2.24, 2.45) is 0 Å². The average molecular weight is 290 g/mol. The molecule has 2 aliphatic heterocycles. The average Bonchev–Trinajstić information content (AvgIpc) is 3.00. The standard InChI is InChI=1S/C15H18N2O4/c1-10(18)17-6-8-21-13-5-4-11(9-12(13)17)16-15(19)14-3-2-7-20-14/h4-5,9,14H,2-3,6-8H2,1H3,(H,16,19). The molecule has 1 aromatic rings. The minimum absolute atomic E-state index is 0.0397. The molecule has 0 bridgehead atoms. The van der Waals surface area contributed by atoms with E-state index in [4.69, 9.17) is 9.47 Å². The quantitative estimate of drug-likeness (QED) is 0.897. The van der Waals surface area contributed by atoms with Gasteiger partial charge in [-0.1, -0.05) is 0 Å². The first-order valence-corrected chi connectivity index (χ1v) is 7.12. The summed E-state index contributed by atoms with van der Waals surface area (Å²) in [4.78, 5) is 25.4. The molecule has 1 fully saturated rings. The number of amides is 2. The molecule has 1 atom stereocenters. The van der Waals surface area contributed by atoms with Gasteiger partial charge in [0, 0.05) is 19.2 Å². The Balaban J connectivity index is 1.79. The molecule has 1 saturated heterocycles. The van der Waals surface area contributed by atoms with Gasteiger partial charge >= 0.3 is 0 Å². The molecule has 112 valence electrons. The van der Waals surface area contributed by atoms with Gasteiger partial charge in [-0.15, -0.1) is 0 Å². The summed E-state index contributed by atoms with van der Waals surface area (Å²) in [5.74, 6) is 0.479. The van der Waals surface area contributed by atoms with Gasteiger partial charge in [0.2, 0.25) is 5.91 Å². The summed E-state index contributed by atoms with van der Waals surface area (Å²) in [6, 6.07) is 5.31. The molecule has 0 aliphatic carbocycles. The summed E-state index contributed by atoms with van der Waals surface area (Å²) < 4.78 is 10.9. The van der Waals surface area contributed by atoms with Crippen LogP contribution in [0.4, 0.5) is 11.4 Å². The van der Waals surface area contributed by atoms with Crippen LogP contribution in [0, 0.1) is 0 Å². The van der Waals surface area contributed by atoms with Crippen LogP contribution >= 0.6 is 0 Å². The first kappa shape index (κ1) is 13.9. The monoisotopic (exact) mass is 290 g/mol. The maximum Gasteiger partial charge on any atom is 0.253 e. The molecule has 0 saturated carbocycles. The molecule has 0 aromatic heterocycles. The van der Waals surface area contributed by atoms with Crippen LogP contribution in [0.3, 0.4) is 0 Å². The van der Waals surface area contributed by atoms with Crippen LogP contribution in [-0.2, 0) is 14.3 Å². The zero-order valence-corrected chi connectivity index (χ0v) is 11.9. The third-order valence-corrected chi connectivity index (χ3v) is 3.69. The van der Waals surface area contributed by atoms with Gasteiger partial charge in [-0.05, 0) is 31.0 Å². The van der Waals surface area contributed by atoms with Crippen molar-refractivity contribution in [2.45, 2.75) is 25.9 Å². The fourth-order valence-corrected chi connectivity index (χ4v) is 2.63. The third-order valence-electron chi connectivity index (χ3n) is 3.69. The van der Waals surface area contributed by atoms with Crippen LogP contribution in [0.1, 0.15) is 19.8 Å². The third kappa shape index (κ3) is 2.85. The fraction of sp³-hybridized carbons (Fsp3) is 0.467. The molecule has 0 spiro atoms. The van der Waals surface area contributed by atoms with E-state index in [1.807, 2.05) is 0 Å². The lowest BCUT2D eigenvalue weighted by Crippen LogP contribution is -2.36. The highest BCUT2D eigenvalue weighted by Gasteiger charge is 2.25. The molecule has 2 heterocycles. The van der Waals surface area contributed by atoms with Crippen molar-refractivity contribution in [3.05, 3.63) is 18.2 Å². The summed E-state index contributed by atoms with van der Waals surface area (Å²) in [5.41, 5.74) is 1.34. The number of nitrogens with zero attached hydrogens (tertiary/aromatic N) is 1. The lowest BCUT2D eigenvalue weighted by atomic mass is 10.2. The molecule has 1 aromatic carbocycles. The van der Waals surface area contributed by atoms with E-state index in [0.29, 0.717) is 36.9 Å². The summed E-state index contributed by atoms with van der Waals surface area (Å²) >= 11 is 0. The summed E-state index contributed by atoms with van der Waals surface area (Å²) in [7, 11) is 0. The van der Waals surface area contributed by atoms with Gasteiger partial charge in [0.25, 0.3) is 5.91 Å². The minimum Gasteiger partial charge on any atom is -0.490 e. The van der Waals surface area contributed by atoms with Gasteiger partial charge in [-0.25, -0.2) is 0 Å². The zero-order chi connectivity index (χ0) is 14.8. The molecule has 0 radical (unpaired) electrons. The number of nitrogens with one attached hydrogen (secondary N) is 1.